The molecule has 1 aromatic heterocycles. The fourth-order valence-electron chi connectivity index (χ4n) is 1.53. The summed E-state index contributed by atoms with van der Waals surface area (Å²) >= 11 is 0. The molecule has 2 aromatic rings. The van der Waals surface area contributed by atoms with Gasteiger partial charge >= 0.3 is 5.97 Å². The van der Waals surface area contributed by atoms with Crippen molar-refractivity contribution in [2.24, 2.45) is 5.73 Å². The van der Waals surface area contributed by atoms with Crippen LogP contribution in [0.1, 0.15) is 15.9 Å². The normalized spacial score (nSPS) is 9.74. The van der Waals surface area contributed by atoms with Crippen LogP contribution in [0.5, 0.6) is 0 Å². The monoisotopic (exact) mass is 281 g/mol. The molecule has 0 radical (unpaired) electrons. The number of hydrogen-bond acceptors (Lipinski definition) is 4. The maximum Gasteiger partial charge on any atom is 0.341 e. The molecule has 0 fully saturated rings. The molecule has 1 aromatic carbocycles. The highest BCUT2D eigenvalue weighted by Crippen LogP contribution is 2.05. The van der Waals surface area contributed by atoms with Crippen LogP contribution in [0.15, 0.2) is 42.7 Å². The summed E-state index contributed by atoms with van der Waals surface area (Å²) < 4.78 is 6.81. The fraction of sp³-hybridized carbons (Fsp3) is 0.231. The minimum atomic E-state index is -0.373. The molecular formula is C13H16ClN3O2. The SMILES string of the molecule is Cl.NCCn1cc(C(=O)OCc2ccccc2)cn1. The Balaban J connectivity index is 0.00000180. The van der Waals surface area contributed by atoms with Crippen molar-refractivity contribution in [1.29, 1.82) is 0 Å². The summed E-state index contributed by atoms with van der Waals surface area (Å²) in [6, 6.07) is 9.54. The fourth-order valence-corrected chi connectivity index (χ4v) is 1.53. The van der Waals surface area contributed by atoms with Gasteiger partial charge in [0.1, 0.15) is 6.61 Å². The first-order valence-corrected chi connectivity index (χ1v) is 5.73. The third-order valence-electron chi connectivity index (χ3n) is 2.44. The Hall–Kier alpha value is -1.85. The Bertz CT molecular complexity index is 514. The van der Waals surface area contributed by atoms with Crippen LogP contribution < -0.4 is 5.73 Å². The first kappa shape index (κ1) is 15.2. The van der Waals surface area contributed by atoms with E-state index in [2.05, 4.69) is 5.10 Å². The van der Waals surface area contributed by atoms with E-state index < -0.39 is 0 Å². The number of hydrogen-bond donors (Lipinski definition) is 1. The van der Waals surface area contributed by atoms with Crippen molar-refractivity contribution in [2.75, 3.05) is 6.54 Å². The second-order valence-electron chi connectivity index (χ2n) is 3.84. The molecule has 2 N–H and O–H groups in total. The zero-order chi connectivity index (χ0) is 12.8. The van der Waals surface area contributed by atoms with Gasteiger partial charge in [-0.1, -0.05) is 30.3 Å². The van der Waals surface area contributed by atoms with E-state index in [-0.39, 0.29) is 25.0 Å². The Morgan fingerprint density at radius 2 is 2.05 bits per heavy atom. The van der Waals surface area contributed by atoms with Crippen LogP contribution in [0.2, 0.25) is 0 Å². The number of aromatic nitrogens is 2. The summed E-state index contributed by atoms with van der Waals surface area (Å²) in [7, 11) is 0. The van der Waals surface area contributed by atoms with Crippen molar-refractivity contribution in [3.63, 3.8) is 0 Å². The summed E-state index contributed by atoms with van der Waals surface area (Å²) in [6.07, 6.45) is 3.13. The lowest BCUT2D eigenvalue weighted by molar-refractivity contribution is 0.0472. The average Bonchev–Trinajstić information content (AvgIpc) is 2.86. The van der Waals surface area contributed by atoms with Gasteiger partial charge in [-0.05, 0) is 5.56 Å². The van der Waals surface area contributed by atoms with Crippen LogP contribution in [0, 0.1) is 0 Å². The molecule has 2 rings (SSSR count). The lowest BCUT2D eigenvalue weighted by Crippen LogP contribution is -2.10. The number of esters is 1. The third-order valence-corrected chi connectivity index (χ3v) is 2.44. The molecule has 0 aliphatic heterocycles. The summed E-state index contributed by atoms with van der Waals surface area (Å²) in [6.45, 7) is 1.34. The van der Waals surface area contributed by atoms with Crippen molar-refractivity contribution in [1.82, 2.24) is 9.78 Å². The number of ether oxygens (including phenoxy) is 1. The zero-order valence-electron chi connectivity index (χ0n) is 10.4. The van der Waals surface area contributed by atoms with E-state index in [9.17, 15) is 4.79 Å². The number of nitrogens with two attached hydrogens (primary N) is 1. The number of carbonyl (C=O) groups excluding carboxylic acids is 1. The number of carbonyl (C=O) groups is 1. The Kier molecular flexibility index (Phi) is 6.05. The molecule has 0 atom stereocenters. The minimum Gasteiger partial charge on any atom is -0.457 e. The van der Waals surface area contributed by atoms with E-state index in [1.165, 1.54) is 6.20 Å². The summed E-state index contributed by atoms with van der Waals surface area (Å²) in [5.41, 5.74) is 6.81. The van der Waals surface area contributed by atoms with E-state index in [0.29, 0.717) is 18.7 Å². The Morgan fingerprint density at radius 3 is 2.74 bits per heavy atom. The second kappa shape index (κ2) is 7.56. The van der Waals surface area contributed by atoms with Gasteiger partial charge in [-0.15, -0.1) is 12.4 Å². The predicted molar refractivity (Wildman–Crippen MR) is 74.1 cm³/mol. The molecular weight excluding hydrogens is 266 g/mol. The maximum atomic E-state index is 11.7. The van der Waals surface area contributed by atoms with E-state index in [0.717, 1.165) is 5.56 Å². The van der Waals surface area contributed by atoms with Crippen molar-refractivity contribution >= 4 is 18.4 Å². The van der Waals surface area contributed by atoms with E-state index in [4.69, 9.17) is 10.5 Å². The molecule has 0 spiro atoms. The number of nitrogens with zero attached hydrogens (tertiary/aromatic N) is 2. The summed E-state index contributed by atoms with van der Waals surface area (Å²) in [4.78, 5) is 11.7. The average molecular weight is 282 g/mol. The predicted octanol–water partition coefficient (Wildman–Crippen LogP) is 1.62. The van der Waals surface area contributed by atoms with Gasteiger partial charge in [0.25, 0.3) is 0 Å². The number of halogens is 1. The van der Waals surface area contributed by atoms with Gasteiger partial charge < -0.3 is 10.5 Å². The molecule has 0 unspecified atom stereocenters. The molecule has 0 saturated heterocycles. The molecule has 0 aliphatic carbocycles. The molecule has 102 valence electrons. The van der Waals surface area contributed by atoms with E-state index in [1.807, 2.05) is 30.3 Å². The van der Waals surface area contributed by atoms with Crippen molar-refractivity contribution in [3.8, 4) is 0 Å². The molecule has 5 nitrogen and oxygen atoms in total. The van der Waals surface area contributed by atoms with Crippen LogP contribution in [0.25, 0.3) is 0 Å². The molecule has 0 aliphatic rings. The highest BCUT2D eigenvalue weighted by molar-refractivity contribution is 5.88. The van der Waals surface area contributed by atoms with Gasteiger partial charge in [0.15, 0.2) is 0 Å². The van der Waals surface area contributed by atoms with Crippen molar-refractivity contribution < 1.29 is 9.53 Å². The molecule has 0 bridgehead atoms. The first-order chi connectivity index (χ1) is 8.79. The van der Waals surface area contributed by atoms with Crippen LogP contribution in [0.4, 0.5) is 0 Å². The van der Waals surface area contributed by atoms with Crippen molar-refractivity contribution in [3.05, 3.63) is 53.9 Å². The second-order valence-corrected chi connectivity index (χ2v) is 3.84. The largest absolute Gasteiger partial charge is 0.457 e. The van der Waals surface area contributed by atoms with Gasteiger partial charge in [0, 0.05) is 12.7 Å². The van der Waals surface area contributed by atoms with Gasteiger partial charge in [0.05, 0.1) is 18.3 Å². The van der Waals surface area contributed by atoms with Gasteiger partial charge in [0.2, 0.25) is 0 Å². The molecule has 19 heavy (non-hydrogen) atoms. The standard InChI is InChI=1S/C13H15N3O2.ClH/c14-6-7-16-9-12(8-15-16)13(17)18-10-11-4-2-1-3-5-11;/h1-5,8-9H,6-7,10,14H2;1H. The van der Waals surface area contributed by atoms with E-state index >= 15 is 0 Å². The third kappa shape index (κ3) is 4.39. The number of benzene rings is 1. The smallest absolute Gasteiger partial charge is 0.341 e. The highest BCUT2D eigenvalue weighted by Gasteiger charge is 2.09. The van der Waals surface area contributed by atoms with Crippen molar-refractivity contribution in [2.45, 2.75) is 13.2 Å². The van der Waals surface area contributed by atoms with Crippen LogP contribution >= 0.6 is 12.4 Å². The topological polar surface area (TPSA) is 70.1 Å². The Labute approximate surface area is 117 Å². The minimum absolute atomic E-state index is 0. The van der Waals surface area contributed by atoms with Crippen LogP contribution in [-0.2, 0) is 17.9 Å². The molecule has 6 heteroatoms. The molecule has 1 heterocycles. The summed E-state index contributed by atoms with van der Waals surface area (Å²) in [5, 5.41) is 4.02. The zero-order valence-corrected chi connectivity index (χ0v) is 11.2. The molecule has 0 amide bonds. The lowest BCUT2D eigenvalue weighted by Gasteiger charge is -2.02. The lowest BCUT2D eigenvalue weighted by atomic mass is 10.2. The van der Waals surface area contributed by atoms with Gasteiger partial charge in [-0.3, -0.25) is 4.68 Å². The number of rotatable bonds is 5. The quantitative estimate of drug-likeness (QED) is 0.846. The highest BCUT2D eigenvalue weighted by atomic mass is 35.5. The first-order valence-electron chi connectivity index (χ1n) is 5.73. The van der Waals surface area contributed by atoms with E-state index in [1.54, 1.807) is 10.9 Å². The molecule has 0 saturated carbocycles. The maximum absolute atomic E-state index is 11.7. The van der Waals surface area contributed by atoms with Gasteiger partial charge in [-0.2, -0.15) is 5.10 Å². The van der Waals surface area contributed by atoms with Crippen LogP contribution in [0.3, 0.4) is 0 Å². The Morgan fingerprint density at radius 1 is 1.32 bits per heavy atom. The van der Waals surface area contributed by atoms with Gasteiger partial charge in [-0.25, -0.2) is 4.79 Å². The summed E-state index contributed by atoms with van der Waals surface area (Å²) in [5.74, 6) is -0.373. The van der Waals surface area contributed by atoms with Crippen LogP contribution in [-0.4, -0.2) is 22.3 Å².